The Morgan fingerprint density at radius 2 is 1.86 bits per heavy atom. The molecule has 1 fully saturated rings. The van der Waals surface area contributed by atoms with Gasteiger partial charge in [0, 0.05) is 19.3 Å². The fourth-order valence-corrected chi connectivity index (χ4v) is 3.37. The van der Waals surface area contributed by atoms with Crippen LogP contribution in [0.25, 0.3) is 0 Å². The predicted octanol–water partition coefficient (Wildman–Crippen LogP) is 4.45. The number of nitrogens with one attached hydrogen (secondary N) is 1. The highest BCUT2D eigenvalue weighted by molar-refractivity contribution is 5.35. The van der Waals surface area contributed by atoms with Gasteiger partial charge in [0.1, 0.15) is 0 Å². The van der Waals surface area contributed by atoms with Gasteiger partial charge in [-0.05, 0) is 48.3 Å². The molecule has 0 spiro atoms. The molecule has 2 heteroatoms. The summed E-state index contributed by atoms with van der Waals surface area (Å²) in [6, 6.07) is 9.42. The number of hydrogen-bond acceptors (Lipinski definition) is 2. The fraction of sp³-hybridized carbons (Fsp3) is 0.684. The number of rotatable bonds is 5. The third-order valence-corrected chi connectivity index (χ3v) is 4.50. The molecule has 1 aliphatic rings. The van der Waals surface area contributed by atoms with Crippen molar-refractivity contribution in [3.05, 3.63) is 35.4 Å². The maximum absolute atomic E-state index is 5.50. The first kappa shape index (κ1) is 16.5. The van der Waals surface area contributed by atoms with E-state index in [-0.39, 0.29) is 5.41 Å². The lowest BCUT2D eigenvalue weighted by Gasteiger charge is -2.31. The van der Waals surface area contributed by atoms with Crippen molar-refractivity contribution in [2.45, 2.75) is 58.4 Å². The average Bonchev–Trinajstić information content (AvgIpc) is 2.47. The van der Waals surface area contributed by atoms with Gasteiger partial charge in [0.15, 0.2) is 0 Å². The minimum Gasteiger partial charge on any atom is -0.381 e. The van der Waals surface area contributed by atoms with Gasteiger partial charge in [0.05, 0.1) is 0 Å². The molecule has 0 radical (unpaired) electrons. The van der Waals surface area contributed by atoms with Crippen molar-refractivity contribution < 1.29 is 4.74 Å². The lowest BCUT2D eigenvalue weighted by atomic mass is 9.79. The van der Waals surface area contributed by atoms with Crippen LogP contribution in [0.15, 0.2) is 24.3 Å². The second-order valence-electron chi connectivity index (χ2n) is 7.24. The van der Waals surface area contributed by atoms with Crippen LogP contribution in [0.1, 0.15) is 64.1 Å². The van der Waals surface area contributed by atoms with Crippen LogP contribution in [0, 0.1) is 5.92 Å². The van der Waals surface area contributed by atoms with Crippen LogP contribution < -0.4 is 5.32 Å². The monoisotopic (exact) mass is 289 g/mol. The molecule has 118 valence electrons. The summed E-state index contributed by atoms with van der Waals surface area (Å²) in [4.78, 5) is 0. The van der Waals surface area contributed by atoms with Crippen LogP contribution in [0.2, 0.25) is 0 Å². The zero-order valence-corrected chi connectivity index (χ0v) is 14.1. The zero-order valence-electron chi connectivity index (χ0n) is 14.1. The summed E-state index contributed by atoms with van der Waals surface area (Å²) in [5, 5.41) is 3.72. The average molecular weight is 289 g/mol. The van der Waals surface area contributed by atoms with Gasteiger partial charge in [-0.15, -0.1) is 0 Å². The number of benzene rings is 1. The first-order valence-electron chi connectivity index (χ1n) is 8.43. The summed E-state index contributed by atoms with van der Waals surface area (Å²) in [6.45, 7) is 12.0. The Balaban J connectivity index is 2.21. The standard InChI is InChI=1S/C19H31NO/c1-5-20-18(14-15-10-12-21-13-11-15)16-8-6-7-9-17(16)19(2,3)4/h6-9,15,18,20H,5,10-14H2,1-4H3. The zero-order chi connectivity index (χ0) is 15.3. The van der Waals surface area contributed by atoms with Crippen LogP contribution in [-0.4, -0.2) is 19.8 Å². The summed E-state index contributed by atoms with van der Waals surface area (Å²) in [5.74, 6) is 0.788. The van der Waals surface area contributed by atoms with Crippen molar-refractivity contribution in [3.8, 4) is 0 Å². The van der Waals surface area contributed by atoms with Gasteiger partial charge in [-0.25, -0.2) is 0 Å². The second kappa shape index (κ2) is 7.42. The highest BCUT2D eigenvalue weighted by Crippen LogP contribution is 2.34. The normalized spacial score (nSPS) is 18.7. The minimum absolute atomic E-state index is 0.194. The van der Waals surface area contributed by atoms with Crippen LogP contribution in [0.3, 0.4) is 0 Å². The Labute approximate surface area is 130 Å². The van der Waals surface area contributed by atoms with Crippen molar-refractivity contribution in [1.29, 1.82) is 0 Å². The Morgan fingerprint density at radius 1 is 1.19 bits per heavy atom. The molecular formula is C19H31NO. The van der Waals surface area contributed by atoms with Crippen LogP contribution in [0.5, 0.6) is 0 Å². The van der Waals surface area contributed by atoms with Crippen molar-refractivity contribution >= 4 is 0 Å². The lowest BCUT2D eigenvalue weighted by molar-refractivity contribution is 0.0605. The third kappa shape index (κ3) is 4.55. The van der Waals surface area contributed by atoms with E-state index < -0.39 is 0 Å². The van der Waals surface area contributed by atoms with Crippen LogP contribution in [-0.2, 0) is 10.2 Å². The Morgan fingerprint density at radius 3 is 2.48 bits per heavy atom. The van der Waals surface area contributed by atoms with E-state index in [1.54, 1.807) is 0 Å². The Kier molecular flexibility index (Phi) is 5.83. The smallest absolute Gasteiger partial charge is 0.0468 e. The Bertz CT molecular complexity index is 429. The van der Waals surface area contributed by atoms with E-state index in [9.17, 15) is 0 Å². The molecule has 21 heavy (non-hydrogen) atoms. The van der Waals surface area contributed by atoms with Gasteiger partial charge in [0.2, 0.25) is 0 Å². The van der Waals surface area contributed by atoms with Gasteiger partial charge in [-0.1, -0.05) is 52.0 Å². The van der Waals surface area contributed by atoms with Gasteiger partial charge in [0.25, 0.3) is 0 Å². The van der Waals surface area contributed by atoms with Crippen molar-refractivity contribution in [1.82, 2.24) is 5.32 Å². The highest BCUT2D eigenvalue weighted by Gasteiger charge is 2.25. The minimum atomic E-state index is 0.194. The lowest BCUT2D eigenvalue weighted by Crippen LogP contribution is -2.28. The SMILES string of the molecule is CCNC(CC1CCOCC1)c1ccccc1C(C)(C)C. The molecule has 1 N–H and O–H groups in total. The fourth-order valence-electron chi connectivity index (χ4n) is 3.37. The molecular weight excluding hydrogens is 258 g/mol. The first-order valence-corrected chi connectivity index (χ1v) is 8.43. The molecule has 2 rings (SSSR count). The van der Waals surface area contributed by atoms with E-state index >= 15 is 0 Å². The molecule has 0 aliphatic carbocycles. The quantitative estimate of drug-likeness (QED) is 0.864. The molecule has 0 amide bonds. The summed E-state index contributed by atoms with van der Waals surface area (Å²) < 4.78 is 5.50. The van der Waals surface area contributed by atoms with Gasteiger partial charge >= 0.3 is 0 Å². The summed E-state index contributed by atoms with van der Waals surface area (Å²) in [5.41, 5.74) is 3.15. The molecule has 1 heterocycles. The molecule has 0 aromatic heterocycles. The van der Waals surface area contributed by atoms with Gasteiger partial charge in [-0.3, -0.25) is 0 Å². The maximum Gasteiger partial charge on any atom is 0.0468 e. The van der Waals surface area contributed by atoms with Crippen molar-refractivity contribution in [2.24, 2.45) is 5.92 Å². The molecule has 1 unspecified atom stereocenters. The van der Waals surface area contributed by atoms with E-state index in [0.29, 0.717) is 6.04 Å². The first-order chi connectivity index (χ1) is 10.0. The number of hydrogen-bond donors (Lipinski definition) is 1. The summed E-state index contributed by atoms with van der Waals surface area (Å²) in [6.07, 6.45) is 3.64. The van der Waals surface area contributed by atoms with E-state index in [1.807, 2.05) is 0 Å². The Hall–Kier alpha value is -0.860. The summed E-state index contributed by atoms with van der Waals surface area (Å²) >= 11 is 0. The molecule has 1 aromatic carbocycles. The van der Waals surface area contributed by atoms with Gasteiger partial charge < -0.3 is 10.1 Å². The molecule has 0 saturated carbocycles. The topological polar surface area (TPSA) is 21.3 Å². The molecule has 1 saturated heterocycles. The van der Waals surface area contributed by atoms with Gasteiger partial charge in [-0.2, -0.15) is 0 Å². The molecule has 1 aromatic rings. The molecule has 0 bridgehead atoms. The van der Waals surface area contributed by atoms with E-state index in [2.05, 4.69) is 57.3 Å². The third-order valence-electron chi connectivity index (χ3n) is 4.50. The van der Waals surface area contributed by atoms with E-state index in [4.69, 9.17) is 4.74 Å². The number of ether oxygens (including phenoxy) is 1. The van der Waals surface area contributed by atoms with Crippen LogP contribution >= 0.6 is 0 Å². The van der Waals surface area contributed by atoms with Crippen molar-refractivity contribution in [3.63, 3.8) is 0 Å². The maximum atomic E-state index is 5.50. The largest absolute Gasteiger partial charge is 0.381 e. The van der Waals surface area contributed by atoms with E-state index in [0.717, 1.165) is 25.7 Å². The second-order valence-corrected chi connectivity index (χ2v) is 7.24. The van der Waals surface area contributed by atoms with E-state index in [1.165, 1.54) is 30.4 Å². The highest BCUT2D eigenvalue weighted by atomic mass is 16.5. The summed E-state index contributed by atoms with van der Waals surface area (Å²) in [7, 11) is 0. The predicted molar refractivity (Wildman–Crippen MR) is 89.7 cm³/mol. The van der Waals surface area contributed by atoms with Crippen molar-refractivity contribution in [2.75, 3.05) is 19.8 Å². The molecule has 2 nitrogen and oxygen atoms in total. The molecule has 1 aliphatic heterocycles. The van der Waals surface area contributed by atoms with Crippen LogP contribution in [0.4, 0.5) is 0 Å². The molecule has 1 atom stereocenters.